The monoisotopic (exact) mass is 393 g/mol. The second kappa shape index (κ2) is 6.80. The lowest BCUT2D eigenvalue weighted by molar-refractivity contribution is 0.0737. The van der Waals surface area contributed by atoms with Crippen molar-refractivity contribution in [1.82, 2.24) is 25.1 Å². The number of halogens is 2. The van der Waals surface area contributed by atoms with Crippen LogP contribution in [0.5, 0.6) is 0 Å². The lowest BCUT2D eigenvalue weighted by Crippen LogP contribution is -2.30. The second-order valence-electron chi connectivity index (χ2n) is 7.11. The van der Waals surface area contributed by atoms with E-state index < -0.39 is 11.6 Å². The van der Waals surface area contributed by atoms with Gasteiger partial charge in [-0.25, -0.2) is 13.8 Å². The smallest absolute Gasteiger partial charge is 0.256 e. The summed E-state index contributed by atoms with van der Waals surface area (Å²) < 4.78 is 27.0. The average molecular weight is 393 g/mol. The number of carbonyl (C=O) groups excluding carboxylic acids is 1. The van der Waals surface area contributed by atoms with Gasteiger partial charge in [0, 0.05) is 29.9 Å². The minimum absolute atomic E-state index is 0.152. The first-order chi connectivity index (χ1) is 14.1. The fourth-order valence-electron chi connectivity index (χ4n) is 3.96. The van der Waals surface area contributed by atoms with Crippen molar-refractivity contribution in [3.05, 3.63) is 71.7 Å². The zero-order chi connectivity index (χ0) is 20.0. The summed E-state index contributed by atoms with van der Waals surface area (Å²) in [7, 11) is 0. The molecule has 6 nitrogen and oxygen atoms in total. The fourth-order valence-corrected chi connectivity index (χ4v) is 3.96. The number of pyridine rings is 1. The number of nitrogens with zero attached hydrogens (tertiary/aromatic N) is 3. The molecule has 4 heterocycles. The highest BCUT2D eigenvalue weighted by atomic mass is 19.2. The second-order valence-corrected chi connectivity index (χ2v) is 7.11. The summed E-state index contributed by atoms with van der Waals surface area (Å²) >= 11 is 0. The molecule has 8 heteroatoms. The highest BCUT2D eigenvalue weighted by Crippen LogP contribution is 2.35. The minimum Gasteiger partial charge on any atom is -0.345 e. The number of H-pyrrole nitrogens is 2. The third kappa shape index (κ3) is 2.97. The average Bonchev–Trinajstić information content (AvgIpc) is 3.49. The van der Waals surface area contributed by atoms with E-state index in [4.69, 9.17) is 0 Å². The molecule has 2 N–H and O–H groups in total. The molecule has 1 saturated heterocycles. The van der Waals surface area contributed by atoms with Gasteiger partial charge in [-0.15, -0.1) is 0 Å². The van der Waals surface area contributed by atoms with Crippen LogP contribution in [-0.4, -0.2) is 37.5 Å². The van der Waals surface area contributed by atoms with Crippen molar-refractivity contribution in [3.63, 3.8) is 0 Å². The van der Waals surface area contributed by atoms with Crippen molar-refractivity contribution in [1.29, 1.82) is 0 Å². The number of hydrogen-bond acceptors (Lipinski definition) is 3. The SMILES string of the molecule is O=C(c1c[nH]c2nc(-c3cn[nH]c3)ccc12)N1CCC[C@@H]1c1ccc(F)c(F)c1. The van der Waals surface area contributed by atoms with Gasteiger partial charge < -0.3 is 9.88 Å². The molecule has 0 aliphatic carbocycles. The Kier molecular flexibility index (Phi) is 4.12. The maximum absolute atomic E-state index is 13.7. The van der Waals surface area contributed by atoms with E-state index in [1.807, 2.05) is 12.1 Å². The summed E-state index contributed by atoms with van der Waals surface area (Å²) in [6, 6.07) is 7.26. The van der Waals surface area contributed by atoms with Crippen molar-refractivity contribution >= 4 is 16.9 Å². The first-order valence-corrected chi connectivity index (χ1v) is 9.35. The van der Waals surface area contributed by atoms with Gasteiger partial charge in [0.25, 0.3) is 5.91 Å². The minimum atomic E-state index is -0.898. The molecular weight excluding hydrogens is 376 g/mol. The van der Waals surface area contributed by atoms with E-state index in [1.54, 1.807) is 29.6 Å². The molecule has 0 unspecified atom stereocenters. The van der Waals surface area contributed by atoms with Gasteiger partial charge in [0.05, 0.1) is 23.5 Å². The van der Waals surface area contributed by atoms with Crippen molar-refractivity contribution in [2.45, 2.75) is 18.9 Å². The van der Waals surface area contributed by atoms with Crippen LogP contribution in [0.2, 0.25) is 0 Å². The first kappa shape index (κ1) is 17.5. The van der Waals surface area contributed by atoms with Gasteiger partial charge in [-0.3, -0.25) is 9.89 Å². The van der Waals surface area contributed by atoms with E-state index in [1.165, 1.54) is 6.07 Å². The fraction of sp³-hybridized carbons (Fsp3) is 0.190. The molecule has 1 aliphatic rings. The first-order valence-electron chi connectivity index (χ1n) is 9.35. The maximum Gasteiger partial charge on any atom is 0.256 e. The van der Waals surface area contributed by atoms with Gasteiger partial charge in [-0.1, -0.05) is 6.07 Å². The number of benzene rings is 1. The number of aromatic nitrogens is 4. The topological polar surface area (TPSA) is 77.7 Å². The molecule has 1 atom stereocenters. The molecule has 1 aromatic carbocycles. The highest BCUT2D eigenvalue weighted by Gasteiger charge is 2.32. The lowest BCUT2D eigenvalue weighted by atomic mass is 10.0. The Morgan fingerprint density at radius 2 is 2.03 bits per heavy atom. The summed E-state index contributed by atoms with van der Waals surface area (Å²) in [4.78, 5) is 22.6. The number of hydrogen-bond donors (Lipinski definition) is 2. The van der Waals surface area contributed by atoms with Crippen LogP contribution in [0, 0.1) is 11.6 Å². The van der Waals surface area contributed by atoms with Gasteiger partial charge in [0.1, 0.15) is 5.65 Å². The van der Waals surface area contributed by atoms with Crippen LogP contribution in [0.3, 0.4) is 0 Å². The van der Waals surface area contributed by atoms with Crippen molar-refractivity contribution in [3.8, 4) is 11.3 Å². The van der Waals surface area contributed by atoms with Gasteiger partial charge >= 0.3 is 0 Å². The van der Waals surface area contributed by atoms with E-state index in [0.717, 1.165) is 29.1 Å². The third-order valence-corrected chi connectivity index (χ3v) is 5.41. The molecule has 1 amide bonds. The van der Waals surface area contributed by atoms with Crippen LogP contribution in [0.1, 0.15) is 34.8 Å². The summed E-state index contributed by atoms with van der Waals surface area (Å²) in [6.45, 7) is 0.565. The highest BCUT2D eigenvalue weighted by molar-refractivity contribution is 6.06. The molecule has 0 spiro atoms. The quantitative estimate of drug-likeness (QED) is 0.547. The van der Waals surface area contributed by atoms with Crippen LogP contribution in [0.25, 0.3) is 22.3 Å². The molecule has 1 aliphatic heterocycles. The Balaban J connectivity index is 1.48. The van der Waals surface area contributed by atoms with Crippen LogP contribution < -0.4 is 0 Å². The molecular formula is C21H17F2N5O. The van der Waals surface area contributed by atoms with Gasteiger partial charge in [0.15, 0.2) is 11.6 Å². The van der Waals surface area contributed by atoms with Gasteiger partial charge in [-0.05, 0) is 42.7 Å². The Morgan fingerprint density at radius 3 is 2.83 bits per heavy atom. The normalized spacial score (nSPS) is 16.6. The van der Waals surface area contributed by atoms with E-state index in [9.17, 15) is 13.6 Å². The zero-order valence-corrected chi connectivity index (χ0v) is 15.3. The Morgan fingerprint density at radius 1 is 1.14 bits per heavy atom. The summed E-state index contributed by atoms with van der Waals surface area (Å²) in [6.07, 6.45) is 6.60. The maximum atomic E-state index is 13.7. The van der Waals surface area contributed by atoms with Crippen molar-refractivity contribution < 1.29 is 13.6 Å². The predicted molar refractivity (Wildman–Crippen MR) is 103 cm³/mol. The Labute approximate surface area is 164 Å². The van der Waals surface area contributed by atoms with Crippen molar-refractivity contribution in [2.24, 2.45) is 0 Å². The van der Waals surface area contributed by atoms with Crippen molar-refractivity contribution in [2.75, 3.05) is 6.54 Å². The number of amides is 1. The molecule has 5 rings (SSSR count). The Bertz CT molecular complexity index is 1200. The van der Waals surface area contributed by atoms with E-state index in [2.05, 4.69) is 20.2 Å². The summed E-state index contributed by atoms with van der Waals surface area (Å²) in [5.41, 5.74) is 3.33. The molecule has 0 bridgehead atoms. The third-order valence-electron chi connectivity index (χ3n) is 5.41. The number of fused-ring (bicyclic) bond motifs is 1. The van der Waals surface area contributed by atoms with E-state index in [0.29, 0.717) is 29.7 Å². The molecule has 0 saturated carbocycles. The van der Waals surface area contributed by atoms with Crippen LogP contribution >= 0.6 is 0 Å². The molecule has 29 heavy (non-hydrogen) atoms. The van der Waals surface area contributed by atoms with E-state index >= 15 is 0 Å². The summed E-state index contributed by atoms with van der Waals surface area (Å²) in [5, 5.41) is 7.40. The predicted octanol–water partition coefficient (Wildman–Crippen LogP) is 4.21. The lowest BCUT2D eigenvalue weighted by Gasteiger charge is -2.25. The van der Waals surface area contributed by atoms with Crippen LogP contribution in [-0.2, 0) is 0 Å². The zero-order valence-electron chi connectivity index (χ0n) is 15.3. The van der Waals surface area contributed by atoms with Crippen LogP contribution in [0.4, 0.5) is 8.78 Å². The molecule has 3 aromatic heterocycles. The Hall–Kier alpha value is -3.55. The molecule has 0 radical (unpaired) electrons. The largest absolute Gasteiger partial charge is 0.345 e. The molecule has 4 aromatic rings. The van der Waals surface area contributed by atoms with Gasteiger partial charge in [-0.2, -0.15) is 5.10 Å². The standard InChI is InChI=1S/C21H17F2N5O/c22-16-5-3-12(8-17(16)23)19-2-1-7-28(19)21(29)15-11-24-20-14(15)4-6-18(27-20)13-9-25-26-10-13/h3-6,8-11,19H,1-2,7H2,(H,24,27)(H,25,26)/t19-/m1/s1. The number of likely N-dealkylation sites (tertiary alicyclic amines) is 1. The number of carbonyl (C=O) groups is 1. The number of nitrogens with one attached hydrogen (secondary N) is 2. The summed E-state index contributed by atoms with van der Waals surface area (Å²) in [5.74, 6) is -1.94. The van der Waals surface area contributed by atoms with Crippen LogP contribution in [0.15, 0.2) is 48.9 Å². The number of rotatable bonds is 3. The van der Waals surface area contributed by atoms with Gasteiger partial charge in [0.2, 0.25) is 0 Å². The molecule has 146 valence electrons. The van der Waals surface area contributed by atoms with E-state index in [-0.39, 0.29) is 11.9 Å². The number of aromatic amines is 2. The molecule has 1 fully saturated rings.